The van der Waals surface area contributed by atoms with Gasteiger partial charge in [-0.05, 0) is 47.8 Å². The Morgan fingerprint density at radius 2 is 2.00 bits per heavy atom. The third-order valence-electron chi connectivity index (χ3n) is 3.13. The summed E-state index contributed by atoms with van der Waals surface area (Å²) in [6.45, 7) is 2.76. The molecule has 1 fully saturated rings. The summed E-state index contributed by atoms with van der Waals surface area (Å²) in [7, 11) is 0. The normalized spacial score (nSPS) is 18.6. The zero-order valence-corrected chi connectivity index (χ0v) is 13.9. The number of para-hydroxylation sites is 1. The zero-order valence-electron chi connectivity index (χ0n) is 12.2. The van der Waals surface area contributed by atoms with Gasteiger partial charge in [0.25, 0.3) is 5.91 Å². The average molecular weight is 328 g/mol. The van der Waals surface area contributed by atoms with Gasteiger partial charge < -0.3 is 0 Å². The van der Waals surface area contributed by atoms with Crippen LogP contribution < -0.4 is 0 Å². The predicted molar refractivity (Wildman–Crippen MR) is 95.4 cm³/mol. The maximum atomic E-state index is 12.6. The van der Waals surface area contributed by atoms with Gasteiger partial charge in [-0.15, -0.1) is 11.3 Å². The largest absolute Gasteiger partial charge is 0.286 e. The first-order valence-electron chi connectivity index (χ1n) is 7.16. The summed E-state index contributed by atoms with van der Waals surface area (Å²) in [5.74, 6) is 0.0509. The highest BCUT2D eigenvalue weighted by atomic mass is 32.2. The van der Waals surface area contributed by atoms with Crippen LogP contribution in [-0.4, -0.2) is 22.5 Å². The van der Waals surface area contributed by atoms with Gasteiger partial charge in [0.15, 0.2) is 5.17 Å². The highest BCUT2D eigenvalue weighted by molar-refractivity contribution is 8.18. The lowest BCUT2D eigenvalue weighted by atomic mass is 10.3. The van der Waals surface area contributed by atoms with E-state index in [2.05, 4.69) is 11.9 Å². The van der Waals surface area contributed by atoms with Gasteiger partial charge in [-0.1, -0.05) is 31.2 Å². The third-order valence-corrected chi connectivity index (χ3v) is 4.96. The van der Waals surface area contributed by atoms with Crippen molar-refractivity contribution in [3.05, 3.63) is 57.6 Å². The van der Waals surface area contributed by atoms with Crippen LogP contribution in [0.15, 0.2) is 57.7 Å². The minimum atomic E-state index is 0.0509. The fraction of sp³-hybridized carbons (Fsp3) is 0.176. The molecule has 1 aromatic heterocycles. The topological polar surface area (TPSA) is 32.7 Å². The first-order valence-corrected chi connectivity index (χ1v) is 8.86. The summed E-state index contributed by atoms with van der Waals surface area (Å²) in [6, 6.07) is 13.8. The maximum Gasteiger partial charge on any atom is 0.266 e. The first kappa shape index (κ1) is 15.1. The van der Waals surface area contributed by atoms with Crippen molar-refractivity contribution in [2.75, 3.05) is 6.54 Å². The van der Waals surface area contributed by atoms with Gasteiger partial charge in [-0.2, -0.15) is 0 Å². The molecule has 1 aromatic carbocycles. The van der Waals surface area contributed by atoms with Crippen LogP contribution in [0.1, 0.15) is 18.2 Å². The molecular weight excluding hydrogens is 312 g/mol. The van der Waals surface area contributed by atoms with E-state index >= 15 is 0 Å². The molecule has 0 spiro atoms. The second-order valence-electron chi connectivity index (χ2n) is 4.81. The first-order chi connectivity index (χ1) is 10.8. The van der Waals surface area contributed by atoms with Crippen LogP contribution in [0, 0.1) is 0 Å². The van der Waals surface area contributed by atoms with Crippen molar-refractivity contribution in [3.8, 4) is 0 Å². The summed E-state index contributed by atoms with van der Waals surface area (Å²) in [6.07, 6.45) is 2.86. The van der Waals surface area contributed by atoms with Crippen LogP contribution in [0.2, 0.25) is 0 Å². The second kappa shape index (κ2) is 6.94. The number of amidine groups is 1. The summed E-state index contributed by atoms with van der Waals surface area (Å²) >= 11 is 3.09. The Morgan fingerprint density at radius 1 is 1.18 bits per heavy atom. The molecule has 1 aliphatic heterocycles. The van der Waals surface area contributed by atoms with Crippen LogP contribution in [0.25, 0.3) is 6.08 Å². The Bertz CT molecular complexity index is 706. The molecular formula is C17H16N2OS2. The molecule has 112 valence electrons. The van der Waals surface area contributed by atoms with Crippen molar-refractivity contribution < 1.29 is 4.79 Å². The zero-order chi connectivity index (χ0) is 15.4. The highest BCUT2D eigenvalue weighted by Gasteiger charge is 2.32. The molecule has 2 aromatic rings. The van der Waals surface area contributed by atoms with E-state index < -0.39 is 0 Å². The van der Waals surface area contributed by atoms with Crippen molar-refractivity contribution in [3.63, 3.8) is 0 Å². The number of amides is 1. The molecule has 5 heteroatoms. The lowest BCUT2D eigenvalue weighted by molar-refractivity contribution is -0.122. The fourth-order valence-corrected chi connectivity index (χ4v) is 3.88. The number of thiophene rings is 1. The smallest absolute Gasteiger partial charge is 0.266 e. The van der Waals surface area contributed by atoms with Crippen molar-refractivity contribution >= 4 is 45.9 Å². The van der Waals surface area contributed by atoms with E-state index in [1.54, 1.807) is 16.2 Å². The molecule has 1 aliphatic rings. The van der Waals surface area contributed by atoms with Crippen LogP contribution in [-0.2, 0) is 4.79 Å². The number of carbonyl (C=O) groups is 1. The fourth-order valence-electron chi connectivity index (χ4n) is 2.13. The van der Waals surface area contributed by atoms with Crippen LogP contribution in [0.3, 0.4) is 0 Å². The number of carbonyl (C=O) groups excluding carboxylic acids is 1. The molecule has 1 amide bonds. The van der Waals surface area contributed by atoms with E-state index in [0.717, 1.165) is 27.1 Å². The monoisotopic (exact) mass is 328 g/mol. The molecule has 0 atom stereocenters. The number of rotatable bonds is 4. The summed E-state index contributed by atoms with van der Waals surface area (Å²) in [5.41, 5.74) is 0.872. The number of aliphatic imine (C=N–C) groups is 1. The summed E-state index contributed by atoms with van der Waals surface area (Å²) in [5, 5.41) is 2.78. The lowest BCUT2D eigenvalue weighted by Crippen LogP contribution is -2.29. The van der Waals surface area contributed by atoms with Gasteiger partial charge in [0.1, 0.15) is 0 Å². The number of thioether (sulfide) groups is 1. The average Bonchev–Trinajstić information content (AvgIpc) is 3.13. The van der Waals surface area contributed by atoms with Crippen LogP contribution >= 0.6 is 23.1 Å². The van der Waals surface area contributed by atoms with Gasteiger partial charge in [-0.25, -0.2) is 4.99 Å². The Hall–Kier alpha value is -1.85. The van der Waals surface area contributed by atoms with E-state index in [1.165, 1.54) is 11.8 Å². The van der Waals surface area contributed by atoms with E-state index in [0.29, 0.717) is 6.54 Å². The molecule has 0 N–H and O–H groups in total. The standard InChI is InChI=1S/C17H16N2OS2/c1-2-10-19-16(20)15(12-14-9-6-11-21-14)22-17(19)18-13-7-4-3-5-8-13/h3-9,11-12H,2,10H2,1H3/b15-12+,18-17?. The van der Waals surface area contributed by atoms with Gasteiger partial charge in [-0.3, -0.25) is 9.69 Å². The minimum Gasteiger partial charge on any atom is -0.286 e. The van der Waals surface area contributed by atoms with Gasteiger partial charge in [0.2, 0.25) is 0 Å². The van der Waals surface area contributed by atoms with E-state index in [1.807, 2.05) is 53.9 Å². The SMILES string of the molecule is CCCN1C(=O)/C(=C\c2cccs2)SC1=Nc1ccccc1. The van der Waals surface area contributed by atoms with Crippen LogP contribution in [0.4, 0.5) is 5.69 Å². The summed E-state index contributed by atoms with van der Waals surface area (Å²) in [4.78, 5) is 20.8. The molecule has 0 unspecified atom stereocenters. The molecule has 0 aliphatic carbocycles. The highest BCUT2D eigenvalue weighted by Crippen LogP contribution is 2.34. The molecule has 0 saturated carbocycles. The summed E-state index contributed by atoms with van der Waals surface area (Å²) < 4.78 is 0. The van der Waals surface area contributed by atoms with Crippen molar-refractivity contribution in [1.82, 2.24) is 4.90 Å². The third kappa shape index (κ3) is 3.31. The minimum absolute atomic E-state index is 0.0509. The van der Waals surface area contributed by atoms with Crippen LogP contribution in [0.5, 0.6) is 0 Å². The van der Waals surface area contributed by atoms with E-state index in [4.69, 9.17) is 0 Å². The van der Waals surface area contributed by atoms with Gasteiger partial charge >= 0.3 is 0 Å². The van der Waals surface area contributed by atoms with Crippen molar-refractivity contribution in [2.24, 2.45) is 4.99 Å². The van der Waals surface area contributed by atoms with Crippen molar-refractivity contribution in [2.45, 2.75) is 13.3 Å². The molecule has 0 radical (unpaired) electrons. The maximum absolute atomic E-state index is 12.6. The predicted octanol–water partition coefficient (Wildman–Crippen LogP) is 4.76. The second-order valence-corrected chi connectivity index (χ2v) is 6.80. The van der Waals surface area contributed by atoms with E-state index in [9.17, 15) is 4.79 Å². The van der Waals surface area contributed by atoms with Gasteiger partial charge in [0.05, 0.1) is 10.6 Å². The van der Waals surface area contributed by atoms with Gasteiger partial charge in [0, 0.05) is 11.4 Å². The molecule has 22 heavy (non-hydrogen) atoms. The Labute approximate surface area is 138 Å². The Morgan fingerprint density at radius 3 is 2.68 bits per heavy atom. The number of benzene rings is 1. The molecule has 2 heterocycles. The molecule has 0 bridgehead atoms. The number of nitrogens with zero attached hydrogens (tertiary/aromatic N) is 2. The number of hydrogen-bond acceptors (Lipinski definition) is 4. The molecule has 3 rings (SSSR count). The molecule has 1 saturated heterocycles. The van der Waals surface area contributed by atoms with E-state index in [-0.39, 0.29) is 5.91 Å². The lowest BCUT2D eigenvalue weighted by Gasteiger charge is -2.13. The quantitative estimate of drug-likeness (QED) is 0.758. The molecule has 3 nitrogen and oxygen atoms in total. The Kier molecular flexibility index (Phi) is 4.75. The van der Waals surface area contributed by atoms with Crippen molar-refractivity contribution in [1.29, 1.82) is 0 Å². The number of hydrogen-bond donors (Lipinski definition) is 0. The Balaban J connectivity index is 1.92.